The number of nitrogens with one attached hydrogen (secondary N) is 2. The molecule has 2 amide bonds. The maximum absolute atomic E-state index is 13.1. The number of carbonyl (C=O) groups excluding carboxylic acids is 1. The summed E-state index contributed by atoms with van der Waals surface area (Å²) in [6.45, 7) is 1.70. The van der Waals surface area contributed by atoms with Crippen LogP contribution in [-0.4, -0.2) is 18.1 Å². The number of benzene rings is 2. The van der Waals surface area contributed by atoms with Crippen LogP contribution in [0.25, 0.3) is 10.9 Å². The molecule has 1 heterocycles. The van der Waals surface area contributed by atoms with Crippen molar-refractivity contribution in [2.24, 2.45) is 0 Å². The Hall–Kier alpha value is -2.71. The van der Waals surface area contributed by atoms with Crippen molar-refractivity contribution >= 4 is 51.5 Å². The highest BCUT2D eigenvalue weighted by atomic mass is 35.5. The highest BCUT2D eigenvalue weighted by Crippen LogP contribution is 2.38. The number of urea groups is 1. The standard InChI is InChI=1S/C19H14Cl2F3N3O2/c1-9-3-4-13-16(14(29-2)8-15(26-13)19(22,23)24)17(9)27-18(28)25-12-6-10(20)5-11(21)7-12/h3-8H,1-2H3,(H2,25,27,28). The van der Waals surface area contributed by atoms with Crippen LogP contribution in [0.2, 0.25) is 10.0 Å². The Labute approximate surface area is 173 Å². The number of fused-ring (bicyclic) bond motifs is 1. The Bertz CT molecular complexity index is 1080. The maximum atomic E-state index is 13.1. The molecular weight excluding hydrogens is 430 g/mol. The van der Waals surface area contributed by atoms with E-state index in [0.29, 0.717) is 21.3 Å². The first kappa shape index (κ1) is 21.0. The lowest BCUT2D eigenvalue weighted by atomic mass is 10.1. The molecule has 0 fully saturated rings. The number of aromatic nitrogens is 1. The number of halogens is 5. The molecule has 5 nitrogen and oxygen atoms in total. The Kier molecular flexibility index (Phi) is 5.77. The van der Waals surface area contributed by atoms with Gasteiger partial charge in [-0.3, -0.25) is 0 Å². The van der Waals surface area contributed by atoms with E-state index >= 15 is 0 Å². The van der Waals surface area contributed by atoms with Gasteiger partial charge in [-0.2, -0.15) is 13.2 Å². The second kappa shape index (κ2) is 7.96. The molecule has 0 saturated heterocycles. The van der Waals surface area contributed by atoms with Crippen molar-refractivity contribution in [3.63, 3.8) is 0 Å². The number of pyridine rings is 1. The molecule has 0 aliphatic heterocycles. The number of nitrogens with zero attached hydrogens (tertiary/aromatic N) is 1. The number of alkyl halides is 3. The zero-order chi connectivity index (χ0) is 21.3. The summed E-state index contributed by atoms with van der Waals surface area (Å²) >= 11 is 11.8. The number of hydrogen-bond donors (Lipinski definition) is 2. The average molecular weight is 444 g/mol. The van der Waals surface area contributed by atoms with Gasteiger partial charge in [0.15, 0.2) is 0 Å². The summed E-state index contributed by atoms with van der Waals surface area (Å²) in [5, 5.41) is 6.13. The van der Waals surface area contributed by atoms with Crippen LogP contribution in [0.5, 0.6) is 5.75 Å². The first-order chi connectivity index (χ1) is 13.6. The van der Waals surface area contributed by atoms with Crippen LogP contribution < -0.4 is 15.4 Å². The van der Waals surface area contributed by atoms with E-state index in [4.69, 9.17) is 27.9 Å². The lowest BCUT2D eigenvalue weighted by Crippen LogP contribution is -2.20. The molecule has 3 aromatic rings. The quantitative estimate of drug-likeness (QED) is 0.484. The van der Waals surface area contributed by atoms with E-state index in [1.807, 2.05) is 0 Å². The summed E-state index contributed by atoms with van der Waals surface area (Å²) in [7, 11) is 1.25. The minimum absolute atomic E-state index is 0.0309. The van der Waals surface area contributed by atoms with E-state index in [9.17, 15) is 18.0 Å². The van der Waals surface area contributed by atoms with Crippen LogP contribution in [-0.2, 0) is 6.18 Å². The summed E-state index contributed by atoms with van der Waals surface area (Å²) in [6.07, 6.45) is -4.64. The van der Waals surface area contributed by atoms with Gasteiger partial charge >= 0.3 is 12.2 Å². The van der Waals surface area contributed by atoms with E-state index in [1.54, 1.807) is 13.0 Å². The molecule has 0 aliphatic rings. The van der Waals surface area contributed by atoms with Gasteiger partial charge in [0.05, 0.1) is 23.7 Å². The number of carbonyl (C=O) groups is 1. The van der Waals surface area contributed by atoms with Gasteiger partial charge in [0, 0.05) is 21.8 Å². The minimum Gasteiger partial charge on any atom is -0.496 e. The molecule has 10 heteroatoms. The van der Waals surface area contributed by atoms with Crippen molar-refractivity contribution in [2.75, 3.05) is 17.7 Å². The molecule has 0 radical (unpaired) electrons. The number of hydrogen-bond acceptors (Lipinski definition) is 3. The third-order valence-electron chi connectivity index (χ3n) is 4.02. The summed E-state index contributed by atoms with van der Waals surface area (Å²) in [5.41, 5.74) is 0.170. The summed E-state index contributed by atoms with van der Waals surface area (Å²) in [4.78, 5) is 16.1. The SMILES string of the molecule is COc1cc(C(F)(F)F)nc2ccc(C)c(NC(=O)Nc3cc(Cl)cc(Cl)c3)c12. The number of methoxy groups -OCH3 is 1. The molecule has 0 spiro atoms. The summed E-state index contributed by atoms with van der Waals surface area (Å²) in [6, 6.07) is 7.66. The molecule has 0 atom stereocenters. The van der Waals surface area contributed by atoms with Gasteiger partial charge in [0.2, 0.25) is 0 Å². The number of aryl methyl sites for hydroxylation is 1. The predicted molar refractivity (Wildman–Crippen MR) is 107 cm³/mol. The van der Waals surface area contributed by atoms with Gasteiger partial charge in [-0.25, -0.2) is 9.78 Å². The monoisotopic (exact) mass is 443 g/mol. The number of rotatable bonds is 3. The van der Waals surface area contributed by atoms with Crippen molar-refractivity contribution in [3.05, 3.63) is 57.7 Å². The lowest BCUT2D eigenvalue weighted by Gasteiger charge is -2.17. The van der Waals surface area contributed by atoms with Gasteiger partial charge < -0.3 is 15.4 Å². The Morgan fingerprint density at radius 2 is 1.72 bits per heavy atom. The second-order valence-electron chi connectivity index (χ2n) is 6.10. The lowest BCUT2D eigenvalue weighted by molar-refractivity contribution is -0.141. The molecule has 3 rings (SSSR count). The fourth-order valence-corrected chi connectivity index (χ4v) is 3.29. The fraction of sp³-hybridized carbons (Fsp3) is 0.158. The van der Waals surface area contributed by atoms with Gasteiger partial charge in [-0.15, -0.1) is 0 Å². The first-order valence-corrected chi connectivity index (χ1v) is 8.93. The fourth-order valence-electron chi connectivity index (χ4n) is 2.77. The van der Waals surface area contributed by atoms with Crippen molar-refractivity contribution in [2.45, 2.75) is 13.1 Å². The van der Waals surface area contributed by atoms with Crippen LogP contribution >= 0.6 is 23.2 Å². The highest BCUT2D eigenvalue weighted by molar-refractivity contribution is 6.35. The highest BCUT2D eigenvalue weighted by Gasteiger charge is 2.34. The van der Waals surface area contributed by atoms with E-state index in [0.717, 1.165) is 6.07 Å². The molecule has 2 N–H and O–H groups in total. The van der Waals surface area contributed by atoms with Crippen LogP contribution in [0.4, 0.5) is 29.3 Å². The summed E-state index contributed by atoms with van der Waals surface area (Å²) in [5.74, 6) is -0.0628. The molecule has 0 aliphatic carbocycles. The Morgan fingerprint density at radius 1 is 1.07 bits per heavy atom. The van der Waals surface area contributed by atoms with E-state index in [1.165, 1.54) is 31.4 Å². The van der Waals surface area contributed by atoms with Gasteiger partial charge in [-0.1, -0.05) is 29.3 Å². The molecule has 0 saturated carbocycles. The van der Waals surface area contributed by atoms with Crippen LogP contribution in [0.3, 0.4) is 0 Å². The molecule has 1 aromatic heterocycles. The summed E-state index contributed by atoms with van der Waals surface area (Å²) < 4.78 is 44.5. The van der Waals surface area contributed by atoms with Crippen molar-refractivity contribution in [1.82, 2.24) is 4.98 Å². The topological polar surface area (TPSA) is 63.2 Å². The van der Waals surface area contributed by atoms with Crippen LogP contribution in [0.15, 0.2) is 36.4 Å². The van der Waals surface area contributed by atoms with Crippen molar-refractivity contribution in [1.29, 1.82) is 0 Å². The van der Waals surface area contributed by atoms with Gasteiger partial charge in [0.1, 0.15) is 11.4 Å². The zero-order valence-corrected chi connectivity index (χ0v) is 16.6. The smallest absolute Gasteiger partial charge is 0.433 e. The predicted octanol–water partition coefficient (Wildman–Crippen LogP) is 6.52. The van der Waals surface area contributed by atoms with Crippen LogP contribution in [0, 0.1) is 6.92 Å². The van der Waals surface area contributed by atoms with Gasteiger partial charge in [0.25, 0.3) is 0 Å². The molecule has 2 aromatic carbocycles. The third kappa shape index (κ3) is 4.65. The largest absolute Gasteiger partial charge is 0.496 e. The number of ether oxygens (including phenoxy) is 1. The van der Waals surface area contributed by atoms with Crippen molar-refractivity contribution < 1.29 is 22.7 Å². The van der Waals surface area contributed by atoms with E-state index in [-0.39, 0.29) is 22.3 Å². The van der Waals surface area contributed by atoms with Crippen LogP contribution in [0.1, 0.15) is 11.3 Å². The maximum Gasteiger partial charge on any atom is 0.433 e. The second-order valence-corrected chi connectivity index (χ2v) is 6.97. The molecule has 29 heavy (non-hydrogen) atoms. The Balaban J connectivity index is 2.02. The van der Waals surface area contributed by atoms with E-state index < -0.39 is 17.9 Å². The Morgan fingerprint density at radius 3 is 2.31 bits per heavy atom. The van der Waals surface area contributed by atoms with Gasteiger partial charge in [-0.05, 0) is 36.8 Å². The number of amides is 2. The number of anilines is 2. The van der Waals surface area contributed by atoms with E-state index in [2.05, 4.69) is 15.6 Å². The molecule has 0 bridgehead atoms. The average Bonchev–Trinajstić information content (AvgIpc) is 2.61. The molecule has 152 valence electrons. The minimum atomic E-state index is -4.64. The molecular formula is C19H14Cl2F3N3O2. The van der Waals surface area contributed by atoms with Crippen molar-refractivity contribution in [3.8, 4) is 5.75 Å². The third-order valence-corrected chi connectivity index (χ3v) is 4.45. The zero-order valence-electron chi connectivity index (χ0n) is 15.1. The normalized spacial score (nSPS) is 11.4. The first-order valence-electron chi connectivity index (χ1n) is 8.18. The molecule has 0 unspecified atom stereocenters.